The fourth-order valence-electron chi connectivity index (χ4n) is 6.70. The highest BCUT2D eigenvalue weighted by Gasteiger charge is 2.68. The number of H-pyrrole nitrogens is 1. The first-order chi connectivity index (χ1) is 19.3. The summed E-state index contributed by atoms with van der Waals surface area (Å²) in [6.07, 6.45) is 1.97. The van der Waals surface area contributed by atoms with Gasteiger partial charge in [0, 0.05) is 0 Å². The van der Waals surface area contributed by atoms with E-state index in [9.17, 15) is 14.8 Å². The Hall–Kier alpha value is -3.52. The molecule has 1 aromatic carbocycles. The van der Waals surface area contributed by atoms with E-state index in [1.807, 2.05) is 0 Å². The maximum Gasteiger partial charge on any atom is 0.482 e. The molecule has 1 amide bonds. The highest BCUT2D eigenvalue weighted by atomic mass is 16.7. The van der Waals surface area contributed by atoms with Crippen molar-refractivity contribution in [3.8, 4) is 5.75 Å². The molecule has 2 heterocycles. The van der Waals surface area contributed by atoms with Gasteiger partial charge in [-0.15, -0.1) is 5.10 Å². The Balaban J connectivity index is 1.46. The fourth-order valence-corrected chi connectivity index (χ4v) is 6.70. The van der Waals surface area contributed by atoms with Gasteiger partial charge in [0.1, 0.15) is 16.9 Å². The van der Waals surface area contributed by atoms with Crippen LogP contribution in [-0.4, -0.2) is 80.9 Å². The average molecular weight is 568 g/mol. The zero-order chi connectivity index (χ0) is 29.7. The Morgan fingerprint density at radius 2 is 2.05 bits per heavy atom. The molecule has 1 aliphatic heterocycles. The van der Waals surface area contributed by atoms with Crippen molar-refractivity contribution < 1.29 is 33.6 Å². The minimum Gasteiger partial charge on any atom is -0.496 e. The lowest BCUT2D eigenvalue weighted by molar-refractivity contribution is -0.199. The van der Waals surface area contributed by atoms with Gasteiger partial charge in [0.05, 0.1) is 24.8 Å². The van der Waals surface area contributed by atoms with Crippen molar-refractivity contribution in [2.75, 3.05) is 7.11 Å². The van der Waals surface area contributed by atoms with Gasteiger partial charge in [-0.25, -0.2) is 9.89 Å². The maximum absolute atomic E-state index is 13.4. The van der Waals surface area contributed by atoms with Gasteiger partial charge in [-0.3, -0.25) is 4.79 Å². The van der Waals surface area contributed by atoms with E-state index in [0.29, 0.717) is 23.1 Å². The van der Waals surface area contributed by atoms with Crippen molar-refractivity contribution in [1.82, 2.24) is 25.9 Å². The first kappa shape index (κ1) is 29.0. The van der Waals surface area contributed by atoms with E-state index in [1.54, 1.807) is 39.0 Å². The number of hydrogen-bond acceptors (Lipinski definition) is 11. The number of benzene rings is 1. The molecule has 3 aliphatic carbocycles. The Labute approximate surface area is 238 Å². The second-order valence-electron chi connectivity index (χ2n) is 12.8. The molecular formula is C27H37BN6O7. The van der Waals surface area contributed by atoms with Gasteiger partial charge in [-0.1, -0.05) is 31.1 Å². The van der Waals surface area contributed by atoms with E-state index in [4.69, 9.17) is 18.8 Å². The number of carbonyl (C=O) groups is 2. The van der Waals surface area contributed by atoms with Crippen LogP contribution in [0.25, 0.3) is 0 Å². The third kappa shape index (κ3) is 5.18. The van der Waals surface area contributed by atoms with E-state index >= 15 is 0 Å². The lowest BCUT2D eigenvalue weighted by Gasteiger charge is -2.64. The van der Waals surface area contributed by atoms with Crippen LogP contribution in [0.5, 0.6) is 5.75 Å². The van der Waals surface area contributed by atoms with E-state index in [-0.39, 0.29) is 29.3 Å². The number of para-hydroxylation sites is 1. The standard InChI is InChI=1S/C27H37BN6O7/c1-25(2,3)39-24(36)16-10-8-9-14(21(16)38-7)11-19(29-23(35)20(32-37)22-30-33-34-31-22)28-40-18-13-15-12-17(26(15,4)5)27(18,6)41-28/h8-10,15,17-19,37H,11-13H2,1-7H3,(H,29,35)(H,30,31,33,34)/b32-20+/t15-,17-,18+,19-,27-/m0/s1. The van der Waals surface area contributed by atoms with Gasteiger partial charge < -0.3 is 29.3 Å². The van der Waals surface area contributed by atoms with Crippen LogP contribution in [-0.2, 0) is 25.3 Å². The quantitative estimate of drug-likeness (QED) is 0.141. The van der Waals surface area contributed by atoms with Crippen LogP contribution in [0.15, 0.2) is 23.4 Å². The summed E-state index contributed by atoms with van der Waals surface area (Å²) in [5.74, 6) is -0.973. The summed E-state index contributed by atoms with van der Waals surface area (Å²) in [6.45, 7) is 12.0. The number of methoxy groups -OCH3 is 1. The van der Waals surface area contributed by atoms with Gasteiger partial charge in [-0.05, 0) is 86.3 Å². The highest BCUT2D eigenvalue weighted by molar-refractivity contribution is 6.50. The summed E-state index contributed by atoms with van der Waals surface area (Å²) < 4.78 is 24.4. The number of oxime groups is 1. The molecule has 3 saturated carbocycles. The predicted octanol–water partition coefficient (Wildman–Crippen LogP) is 2.34. The Morgan fingerprint density at radius 3 is 2.66 bits per heavy atom. The zero-order valence-corrected chi connectivity index (χ0v) is 24.4. The van der Waals surface area contributed by atoms with E-state index in [0.717, 1.165) is 12.8 Å². The molecule has 2 bridgehead atoms. The number of esters is 1. The summed E-state index contributed by atoms with van der Waals surface area (Å²) >= 11 is 0. The minimum absolute atomic E-state index is 0.107. The van der Waals surface area contributed by atoms with Crippen LogP contribution in [0.4, 0.5) is 0 Å². The molecule has 220 valence electrons. The topological polar surface area (TPSA) is 170 Å². The zero-order valence-electron chi connectivity index (χ0n) is 24.4. The molecule has 1 saturated heterocycles. The van der Waals surface area contributed by atoms with Crippen molar-refractivity contribution in [2.45, 2.75) is 84.1 Å². The first-order valence-electron chi connectivity index (χ1n) is 13.8. The summed E-state index contributed by atoms with van der Waals surface area (Å²) in [5, 5.41) is 28.6. The molecule has 0 spiro atoms. The van der Waals surface area contributed by atoms with Crippen LogP contribution in [0.1, 0.15) is 76.1 Å². The van der Waals surface area contributed by atoms with Crippen molar-refractivity contribution in [2.24, 2.45) is 22.4 Å². The molecule has 14 heteroatoms. The molecule has 5 atom stereocenters. The van der Waals surface area contributed by atoms with Crippen LogP contribution in [0.3, 0.4) is 0 Å². The molecule has 4 aliphatic rings. The van der Waals surface area contributed by atoms with E-state index in [1.165, 1.54) is 7.11 Å². The number of hydrogen-bond donors (Lipinski definition) is 3. The predicted molar refractivity (Wildman–Crippen MR) is 146 cm³/mol. The average Bonchev–Trinajstić information content (AvgIpc) is 3.55. The number of tetrazole rings is 1. The van der Waals surface area contributed by atoms with Gasteiger partial charge in [0.15, 0.2) is 0 Å². The number of ether oxygens (including phenoxy) is 2. The number of nitrogens with one attached hydrogen (secondary N) is 2. The summed E-state index contributed by atoms with van der Waals surface area (Å²) in [6, 6.07) is 5.16. The molecule has 0 radical (unpaired) electrons. The second-order valence-corrected chi connectivity index (χ2v) is 12.8. The number of amides is 1. The van der Waals surface area contributed by atoms with Crippen LogP contribution in [0, 0.1) is 17.3 Å². The summed E-state index contributed by atoms with van der Waals surface area (Å²) in [7, 11) is 0.646. The first-order valence-corrected chi connectivity index (χ1v) is 13.8. The Morgan fingerprint density at radius 1 is 1.29 bits per heavy atom. The van der Waals surface area contributed by atoms with Gasteiger partial charge in [-0.2, -0.15) is 0 Å². The monoisotopic (exact) mass is 568 g/mol. The molecule has 6 rings (SSSR count). The second kappa shape index (κ2) is 10.4. The van der Waals surface area contributed by atoms with Crippen LogP contribution < -0.4 is 10.1 Å². The smallest absolute Gasteiger partial charge is 0.482 e. The van der Waals surface area contributed by atoms with E-state index in [2.05, 4.69) is 51.9 Å². The minimum atomic E-state index is -0.827. The van der Waals surface area contributed by atoms with Gasteiger partial charge >= 0.3 is 13.1 Å². The molecule has 41 heavy (non-hydrogen) atoms. The third-order valence-corrected chi connectivity index (χ3v) is 8.86. The third-order valence-electron chi connectivity index (χ3n) is 8.86. The van der Waals surface area contributed by atoms with Crippen LogP contribution in [0.2, 0.25) is 0 Å². The number of aromatic amines is 1. The normalized spacial score (nSPS) is 27.4. The molecule has 4 fully saturated rings. The highest BCUT2D eigenvalue weighted by Crippen LogP contribution is 2.65. The van der Waals surface area contributed by atoms with Crippen molar-refractivity contribution in [1.29, 1.82) is 0 Å². The number of rotatable bonds is 8. The molecular weight excluding hydrogens is 531 g/mol. The van der Waals surface area contributed by atoms with Crippen LogP contribution >= 0.6 is 0 Å². The summed E-state index contributed by atoms with van der Waals surface area (Å²) in [4.78, 5) is 26.4. The molecule has 0 unspecified atom stereocenters. The lowest BCUT2D eigenvalue weighted by Crippen LogP contribution is -2.65. The molecule has 2 aromatic rings. The Kier molecular flexibility index (Phi) is 7.35. The SMILES string of the molecule is COc1c(C[C@H](NC(=O)/C(=N/O)c2nnn[nH]2)B2O[C@@H]3C[C@@H]4C[C@@H](C4(C)C)[C@]3(C)O2)cccc1C(=O)OC(C)(C)C. The summed E-state index contributed by atoms with van der Waals surface area (Å²) in [5.41, 5.74) is -0.621. The number of nitrogens with zero attached hydrogens (tertiary/aromatic N) is 4. The Bertz CT molecular complexity index is 1340. The molecule has 3 N–H and O–H groups in total. The number of aromatic nitrogens is 4. The molecule has 1 aromatic heterocycles. The number of carbonyl (C=O) groups excluding carboxylic acids is 2. The molecule has 13 nitrogen and oxygen atoms in total. The van der Waals surface area contributed by atoms with Gasteiger partial charge in [0.25, 0.3) is 5.91 Å². The lowest BCUT2D eigenvalue weighted by atomic mass is 9.43. The maximum atomic E-state index is 13.4. The largest absolute Gasteiger partial charge is 0.496 e. The van der Waals surface area contributed by atoms with Crippen molar-refractivity contribution >= 4 is 24.7 Å². The van der Waals surface area contributed by atoms with Crippen molar-refractivity contribution in [3.05, 3.63) is 35.2 Å². The fraction of sp³-hybridized carbons (Fsp3) is 0.630. The van der Waals surface area contributed by atoms with Crippen molar-refractivity contribution in [3.63, 3.8) is 0 Å². The van der Waals surface area contributed by atoms with E-state index < -0.39 is 41.8 Å². The van der Waals surface area contributed by atoms with Gasteiger partial charge in [0.2, 0.25) is 11.5 Å².